The number of anilines is 1. The van der Waals surface area contributed by atoms with E-state index in [1.165, 1.54) is 30.7 Å². The fourth-order valence-electron chi connectivity index (χ4n) is 4.71. The van der Waals surface area contributed by atoms with E-state index in [2.05, 4.69) is 10.2 Å². The number of fused-ring (bicyclic) bond motifs is 1. The summed E-state index contributed by atoms with van der Waals surface area (Å²) in [6, 6.07) is 21.5. The Morgan fingerprint density at radius 2 is 1.70 bits per heavy atom. The molecule has 37 heavy (non-hydrogen) atoms. The minimum absolute atomic E-state index is 0.0891. The first-order valence-electron chi connectivity index (χ1n) is 12.7. The maximum atomic E-state index is 14.4. The van der Waals surface area contributed by atoms with Gasteiger partial charge in [-0.1, -0.05) is 54.2 Å². The van der Waals surface area contributed by atoms with Crippen molar-refractivity contribution in [1.29, 1.82) is 0 Å². The monoisotopic (exact) mass is 515 g/mol. The number of thioether (sulfide) groups is 1. The van der Waals surface area contributed by atoms with Gasteiger partial charge in [0.05, 0.1) is 17.1 Å². The van der Waals surface area contributed by atoms with E-state index in [9.17, 15) is 14.0 Å². The zero-order chi connectivity index (χ0) is 25.6. The molecule has 5 nitrogen and oxygen atoms in total. The Balaban J connectivity index is 1.27. The van der Waals surface area contributed by atoms with E-state index < -0.39 is 0 Å². The number of hydrogen-bond acceptors (Lipinski definition) is 4. The van der Waals surface area contributed by atoms with Crippen LogP contribution < -0.4 is 10.2 Å². The molecular weight excluding hydrogens is 485 g/mol. The van der Waals surface area contributed by atoms with E-state index in [1.54, 1.807) is 35.2 Å². The fourth-order valence-corrected chi connectivity index (χ4v) is 5.77. The summed E-state index contributed by atoms with van der Waals surface area (Å²) in [5.74, 6) is -0.595. The standard InChI is InChI=1S/C30H30FN3O2S/c31-25-9-2-1-8-24(25)21-34-26-10-3-4-11-27(26)37-28(30(34)36)20-22-12-14-23(15-13-22)29(35)32-16-7-19-33-17-5-6-18-33/h1-4,8-15,20H,5-7,16-19,21H2,(H,32,35). The van der Waals surface area contributed by atoms with E-state index >= 15 is 0 Å². The first kappa shape index (κ1) is 25.2. The average molecular weight is 516 g/mol. The predicted octanol–water partition coefficient (Wildman–Crippen LogP) is 5.72. The van der Waals surface area contributed by atoms with E-state index in [4.69, 9.17) is 0 Å². The van der Waals surface area contributed by atoms with Crippen LogP contribution in [0, 0.1) is 5.82 Å². The summed E-state index contributed by atoms with van der Waals surface area (Å²) in [4.78, 5) is 31.6. The summed E-state index contributed by atoms with van der Waals surface area (Å²) in [7, 11) is 0. The van der Waals surface area contributed by atoms with Crippen LogP contribution in [-0.2, 0) is 11.3 Å². The minimum atomic E-state index is -0.332. The summed E-state index contributed by atoms with van der Waals surface area (Å²) in [6.45, 7) is 4.16. The molecule has 190 valence electrons. The fraction of sp³-hybridized carbons (Fsp3) is 0.267. The number of benzene rings is 3. The number of amides is 2. The predicted molar refractivity (Wildman–Crippen MR) is 147 cm³/mol. The van der Waals surface area contributed by atoms with Gasteiger partial charge in [-0.05, 0) is 80.9 Å². The van der Waals surface area contributed by atoms with Crippen molar-refractivity contribution in [2.24, 2.45) is 0 Å². The second kappa shape index (κ2) is 11.8. The summed E-state index contributed by atoms with van der Waals surface area (Å²) >= 11 is 1.41. The van der Waals surface area contributed by atoms with Gasteiger partial charge in [-0.2, -0.15) is 0 Å². The number of halogens is 1. The molecule has 2 amide bonds. The van der Waals surface area contributed by atoms with Crippen molar-refractivity contribution in [1.82, 2.24) is 10.2 Å². The van der Waals surface area contributed by atoms with Crippen LogP contribution in [0.2, 0.25) is 0 Å². The highest BCUT2D eigenvalue weighted by molar-refractivity contribution is 8.04. The number of rotatable bonds is 8. The number of carbonyl (C=O) groups is 2. The SMILES string of the molecule is O=C(NCCCN1CCCC1)c1ccc(C=C2Sc3ccccc3N(Cc3ccccc3F)C2=O)cc1. The number of nitrogens with one attached hydrogen (secondary N) is 1. The highest BCUT2D eigenvalue weighted by atomic mass is 32.2. The van der Waals surface area contributed by atoms with Gasteiger partial charge >= 0.3 is 0 Å². The number of hydrogen-bond donors (Lipinski definition) is 1. The van der Waals surface area contributed by atoms with Gasteiger partial charge in [0.2, 0.25) is 0 Å². The molecule has 0 radical (unpaired) electrons. The molecule has 1 fully saturated rings. The van der Waals surface area contributed by atoms with Crippen molar-refractivity contribution in [3.63, 3.8) is 0 Å². The van der Waals surface area contributed by atoms with Crippen molar-refractivity contribution in [3.05, 3.63) is 100 Å². The van der Waals surface area contributed by atoms with Gasteiger partial charge in [-0.15, -0.1) is 0 Å². The van der Waals surface area contributed by atoms with Gasteiger partial charge in [-0.25, -0.2) is 4.39 Å². The second-order valence-electron chi connectivity index (χ2n) is 9.34. The Morgan fingerprint density at radius 1 is 0.973 bits per heavy atom. The molecule has 5 rings (SSSR count). The van der Waals surface area contributed by atoms with Crippen molar-refractivity contribution < 1.29 is 14.0 Å². The lowest BCUT2D eigenvalue weighted by Gasteiger charge is -2.30. The normalized spacial score (nSPS) is 16.7. The molecule has 0 saturated carbocycles. The van der Waals surface area contributed by atoms with Crippen LogP contribution in [-0.4, -0.2) is 42.9 Å². The Bertz CT molecular complexity index is 1300. The number of likely N-dealkylation sites (tertiary alicyclic amines) is 1. The zero-order valence-electron chi connectivity index (χ0n) is 20.7. The summed E-state index contributed by atoms with van der Waals surface area (Å²) in [5.41, 5.74) is 2.66. The average Bonchev–Trinajstić information content (AvgIpc) is 3.44. The first-order valence-corrected chi connectivity index (χ1v) is 13.5. The van der Waals surface area contributed by atoms with Gasteiger partial charge in [-0.3, -0.25) is 9.59 Å². The molecule has 0 aliphatic carbocycles. The lowest BCUT2D eigenvalue weighted by Crippen LogP contribution is -2.34. The van der Waals surface area contributed by atoms with E-state index in [1.807, 2.05) is 42.5 Å². The zero-order valence-corrected chi connectivity index (χ0v) is 21.5. The molecule has 0 atom stereocenters. The van der Waals surface area contributed by atoms with E-state index in [-0.39, 0.29) is 24.2 Å². The lowest BCUT2D eigenvalue weighted by atomic mass is 10.1. The van der Waals surface area contributed by atoms with Gasteiger partial charge in [0.15, 0.2) is 0 Å². The maximum absolute atomic E-state index is 14.4. The summed E-state index contributed by atoms with van der Waals surface area (Å²) in [5, 5.41) is 3.00. The number of para-hydroxylation sites is 1. The topological polar surface area (TPSA) is 52.7 Å². The van der Waals surface area contributed by atoms with Crippen LogP contribution in [0.5, 0.6) is 0 Å². The maximum Gasteiger partial charge on any atom is 0.265 e. The molecule has 7 heteroatoms. The summed E-state index contributed by atoms with van der Waals surface area (Å²) < 4.78 is 14.4. The molecule has 0 bridgehead atoms. The quantitative estimate of drug-likeness (QED) is 0.308. The van der Waals surface area contributed by atoms with Crippen molar-refractivity contribution in [2.75, 3.05) is 31.1 Å². The van der Waals surface area contributed by atoms with Crippen LogP contribution in [0.4, 0.5) is 10.1 Å². The smallest absolute Gasteiger partial charge is 0.265 e. The molecular formula is C30H30FN3O2S. The molecule has 0 unspecified atom stereocenters. The third kappa shape index (κ3) is 6.12. The third-order valence-electron chi connectivity index (χ3n) is 6.72. The minimum Gasteiger partial charge on any atom is -0.352 e. The third-order valence-corrected chi connectivity index (χ3v) is 7.80. The van der Waals surface area contributed by atoms with Gasteiger partial charge in [0.1, 0.15) is 5.82 Å². The van der Waals surface area contributed by atoms with Crippen molar-refractivity contribution in [3.8, 4) is 0 Å². The van der Waals surface area contributed by atoms with E-state index in [0.29, 0.717) is 22.6 Å². The first-order chi connectivity index (χ1) is 18.1. The lowest BCUT2D eigenvalue weighted by molar-refractivity contribution is -0.114. The van der Waals surface area contributed by atoms with Gasteiger partial charge in [0, 0.05) is 22.6 Å². The molecule has 1 saturated heterocycles. The Morgan fingerprint density at radius 3 is 2.49 bits per heavy atom. The molecule has 2 heterocycles. The second-order valence-corrected chi connectivity index (χ2v) is 10.4. The van der Waals surface area contributed by atoms with Crippen LogP contribution >= 0.6 is 11.8 Å². The molecule has 2 aliphatic heterocycles. The molecule has 2 aliphatic rings. The molecule has 0 spiro atoms. The number of carbonyl (C=O) groups excluding carboxylic acids is 2. The van der Waals surface area contributed by atoms with Crippen LogP contribution in [0.1, 0.15) is 40.7 Å². The highest BCUT2D eigenvalue weighted by Crippen LogP contribution is 2.42. The molecule has 3 aromatic carbocycles. The molecule has 3 aromatic rings. The van der Waals surface area contributed by atoms with Crippen LogP contribution in [0.3, 0.4) is 0 Å². The summed E-state index contributed by atoms with van der Waals surface area (Å²) in [6.07, 6.45) is 5.32. The van der Waals surface area contributed by atoms with Gasteiger partial charge < -0.3 is 15.1 Å². The molecule has 1 N–H and O–H groups in total. The van der Waals surface area contributed by atoms with Crippen molar-refractivity contribution >= 4 is 35.3 Å². The van der Waals surface area contributed by atoms with Crippen LogP contribution in [0.25, 0.3) is 6.08 Å². The number of nitrogens with zero attached hydrogens (tertiary/aromatic N) is 2. The van der Waals surface area contributed by atoms with Crippen LogP contribution in [0.15, 0.2) is 82.6 Å². The Hall–Kier alpha value is -3.42. The highest BCUT2D eigenvalue weighted by Gasteiger charge is 2.29. The Kier molecular flexibility index (Phi) is 8.02. The Labute approximate surface area is 221 Å². The van der Waals surface area contributed by atoms with Gasteiger partial charge in [0.25, 0.3) is 11.8 Å². The van der Waals surface area contributed by atoms with Crippen molar-refractivity contribution in [2.45, 2.75) is 30.7 Å². The largest absolute Gasteiger partial charge is 0.352 e. The van der Waals surface area contributed by atoms with E-state index in [0.717, 1.165) is 42.2 Å². The molecule has 0 aromatic heterocycles.